The van der Waals surface area contributed by atoms with Crippen LogP contribution in [-0.4, -0.2) is 15.7 Å². The van der Waals surface area contributed by atoms with E-state index in [-0.39, 0.29) is 11.9 Å². The van der Waals surface area contributed by atoms with Gasteiger partial charge in [-0.25, -0.2) is 4.68 Å². The van der Waals surface area contributed by atoms with E-state index in [1.54, 1.807) is 0 Å². The van der Waals surface area contributed by atoms with Crippen molar-refractivity contribution in [3.05, 3.63) is 76.6 Å². The molecule has 0 saturated carbocycles. The number of nitrogens with one attached hydrogen (secondary N) is 1. The van der Waals surface area contributed by atoms with E-state index in [2.05, 4.69) is 10.4 Å². The van der Waals surface area contributed by atoms with Crippen LogP contribution in [0.25, 0.3) is 5.69 Å². The lowest BCUT2D eigenvalue weighted by Gasteiger charge is -2.26. The third-order valence-electron chi connectivity index (χ3n) is 5.17. The van der Waals surface area contributed by atoms with Crippen LogP contribution < -0.4 is 11.1 Å². The number of nitrogen functional groups attached to an aromatic ring is 1. The van der Waals surface area contributed by atoms with Crippen molar-refractivity contribution in [2.75, 3.05) is 5.73 Å². The summed E-state index contributed by atoms with van der Waals surface area (Å²) in [5.74, 6) is -0.0513. The van der Waals surface area contributed by atoms with Crippen LogP contribution in [0.5, 0.6) is 0 Å². The number of hydrogen-bond donors (Lipinski definition) is 2. The molecule has 0 saturated heterocycles. The van der Waals surface area contributed by atoms with Gasteiger partial charge in [-0.05, 0) is 86.7 Å². The molecule has 1 heterocycles. The van der Waals surface area contributed by atoms with E-state index in [4.69, 9.17) is 5.73 Å². The molecule has 27 heavy (non-hydrogen) atoms. The van der Waals surface area contributed by atoms with E-state index >= 15 is 0 Å². The van der Waals surface area contributed by atoms with Crippen molar-refractivity contribution in [2.45, 2.75) is 39.2 Å². The summed E-state index contributed by atoms with van der Waals surface area (Å²) in [6, 6.07) is 15.6. The van der Waals surface area contributed by atoms with Crippen molar-refractivity contribution in [3.63, 3.8) is 0 Å². The summed E-state index contributed by atoms with van der Waals surface area (Å²) in [7, 11) is 0. The number of nitrogens with zero attached hydrogens (tertiary/aromatic N) is 2. The number of aryl methyl sites for hydroxylation is 3. The van der Waals surface area contributed by atoms with Crippen LogP contribution in [0.3, 0.4) is 0 Å². The number of amides is 1. The molecule has 2 aromatic carbocycles. The summed E-state index contributed by atoms with van der Waals surface area (Å²) in [4.78, 5) is 12.8. The quantitative estimate of drug-likeness (QED) is 0.696. The highest BCUT2D eigenvalue weighted by Gasteiger charge is 2.22. The zero-order valence-electron chi connectivity index (χ0n) is 15.7. The molecular formula is C22H24N4O. The van der Waals surface area contributed by atoms with E-state index in [9.17, 15) is 4.79 Å². The third-order valence-corrected chi connectivity index (χ3v) is 5.17. The van der Waals surface area contributed by atoms with Crippen molar-refractivity contribution < 1.29 is 4.79 Å². The van der Waals surface area contributed by atoms with Crippen LogP contribution in [0.1, 0.15) is 51.8 Å². The summed E-state index contributed by atoms with van der Waals surface area (Å²) >= 11 is 0. The van der Waals surface area contributed by atoms with Crippen LogP contribution in [0, 0.1) is 13.8 Å². The van der Waals surface area contributed by atoms with Gasteiger partial charge in [-0.2, -0.15) is 5.10 Å². The number of fused-ring (bicyclic) bond motifs is 1. The summed E-state index contributed by atoms with van der Waals surface area (Å²) in [6.07, 6.45) is 3.02. The molecule has 1 unspecified atom stereocenters. The highest BCUT2D eigenvalue weighted by Crippen LogP contribution is 2.31. The number of aromatic nitrogens is 2. The van der Waals surface area contributed by atoms with Crippen LogP contribution in [-0.2, 0) is 6.42 Å². The molecule has 0 aliphatic heterocycles. The minimum atomic E-state index is -0.0513. The fourth-order valence-electron chi connectivity index (χ4n) is 3.87. The molecule has 0 radical (unpaired) electrons. The van der Waals surface area contributed by atoms with Gasteiger partial charge in [0.25, 0.3) is 5.91 Å². The molecule has 4 rings (SSSR count). The summed E-state index contributed by atoms with van der Waals surface area (Å²) in [5.41, 5.74) is 12.8. The summed E-state index contributed by atoms with van der Waals surface area (Å²) in [5, 5.41) is 7.67. The van der Waals surface area contributed by atoms with E-state index in [1.807, 2.05) is 67.1 Å². The Morgan fingerprint density at radius 2 is 1.93 bits per heavy atom. The van der Waals surface area contributed by atoms with Crippen LogP contribution in [0.15, 0.2) is 48.5 Å². The van der Waals surface area contributed by atoms with Crippen molar-refractivity contribution in [1.29, 1.82) is 0 Å². The topological polar surface area (TPSA) is 72.9 Å². The number of rotatable bonds is 3. The Bertz CT molecular complexity index is 988. The van der Waals surface area contributed by atoms with E-state index in [0.717, 1.165) is 42.0 Å². The Kier molecular flexibility index (Phi) is 4.44. The molecule has 3 aromatic rings. The standard InChI is InChI=1S/C22H24N4O/c1-14-12-15(2)26(25-14)19-9-6-16(7-10-19)22(27)24-21-5-3-4-17-13-18(23)8-11-20(17)21/h6-13,21H,3-5,23H2,1-2H3,(H,24,27). The molecule has 3 N–H and O–H groups in total. The highest BCUT2D eigenvalue weighted by molar-refractivity contribution is 5.94. The third kappa shape index (κ3) is 3.45. The van der Waals surface area contributed by atoms with Crippen LogP contribution in [0.2, 0.25) is 0 Å². The molecule has 1 atom stereocenters. The first-order valence-corrected chi connectivity index (χ1v) is 9.34. The van der Waals surface area contributed by atoms with Crippen molar-refractivity contribution in [2.24, 2.45) is 0 Å². The van der Waals surface area contributed by atoms with Gasteiger partial charge in [0, 0.05) is 16.9 Å². The highest BCUT2D eigenvalue weighted by atomic mass is 16.1. The van der Waals surface area contributed by atoms with E-state index in [0.29, 0.717) is 5.56 Å². The van der Waals surface area contributed by atoms with Gasteiger partial charge in [-0.1, -0.05) is 6.07 Å². The first-order chi connectivity index (χ1) is 13.0. The van der Waals surface area contributed by atoms with Crippen LogP contribution >= 0.6 is 0 Å². The molecule has 5 heteroatoms. The molecule has 0 bridgehead atoms. The Morgan fingerprint density at radius 3 is 2.63 bits per heavy atom. The van der Waals surface area contributed by atoms with Gasteiger partial charge in [0.05, 0.1) is 17.4 Å². The van der Waals surface area contributed by atoms with Crippen molar-refractivity contribution in [3.8, 4) is 5.69 Å². The second-order valence-corrected chi connectivity index (χ2v) is 7.26. The van der Waals surface area contributed by atoms with Crippen LogP contribution in [0.4, 0.5) is 5.69 Å². The van der Waals surface area contributed by atoms with Gasteiger partial charge in [-0.15, -0.1) is 0 Å². The maximum Gasteiger partial charge on any atom is 0.251 e. The lowest BCUT2D eigenvalue weighted by molar-refractivity contribution is 0.0933. The lowest BCUT2D eigenvalue weighted by atomic mass is 9.87. The first-order valence-electron chi connectivity index (χ1n) is 9.34. The second-order valence-electron chi connectivity index (χ2n) is 7.26. The molecule has 0 spiro atoms. The predicted octanol–water partition coefficient (Wildman–Crippen LogP) is 3.88. The number of carbonyl (C=O) groups excluding carboxylic acids is 1. The average molecular weight is 360 g/mol. The average Bonchev–Trinajstić information content (AvgIpc) is 3.00. The summed E-state index contributed by atoms with van der Waals surface area (Å²) in [6.45, 7) is 3.99. The number of hydrogen-bond acceptors (Lipinski definition) is 3. The molecule has 1 aromatic heterocycles. The Morgan fingerprint density at radius 1 is 1.15 bits per heavy atom. The van der Waals surface area contributed by atoms with Gasteiger partial charge in [0.2, 0.25) is 0 Å². The molecular weight excluding hydrogens is 336 g/mol. The maximum absolute atomic E-state index is 12.8. The van der Waals surface area contributed by atoms with Gasteiger partial charge in [0.1, 0.15) is 0 Å². The number of carbonyl (C=O) groups is 1. The Labute approximate surface area is 159 Å². The predicted molar refractivity (Wildman–Crippen MR) is 107 cm³/mol. The summed E-state index contributed by atoms with van der Waals surface area (Å²) < 4.78 is 1.89. The smallest absolute Gasteiger partial charge is 0.251 e. The van der Waals surface area contributed by atoms with Crippen molar-refractivity contribution in [1.82, 2.24) is 15.1 Å². The molecule has 138 valence electrons. The Hall–Kier alpha value is -3.08. The SMILES string of the molecule is Cc1cc(C)n(-c2ccc(C(=O)NC3CCCc4cc(N)ccc43)cc2)n1. The van der Waals surface area contributed by atoms with E-state index < -0.39 is 0 Å². The van der Waals surface area contributed by atoms with Crippen molar-refractivity contribution >= 4 is 11.6 Å². The maximum atomic E-state index is 12.8. The zero-order chi connectivity index (χ0) is 19.0. The van der Waals surface area contributed by atoms with Gasteiger partial charge in [-0.3, -0.25) is 4.79 Å². The second kappa shape index (κ2) is 6.91. The molecule has 5 nitrogen and oxygen atoms in total. The minimum Gasteiger partial charge on any atom is -0.399 e. The van der Waals surface area contributed by atoms with E-state index in [1.165, 1.54) is 11.1 Å². The molecule has 0 fully saturated rings. The minimum absolute atomic E-state index is 0.0394. The Balaban J connectivity index is 1.52. The first kappa shape index (κ1) is 17.3. The zero-order valence-corrected chi connectivity index (χ0v) is 15.7. The van der Waals surface area contributed by atoms with Gasteiger partial charge in [0.15, 0.2) is 0 Å². The lowest BCUT2D eigenvalue weighted by Crippen LogP contribution is -2.31. The normalized spacial score (nSPS) is 16.0. The van der Waals surface area contributed by atoms with Gasteiger partial charge >= 0.3 is 0 Å². The number of benzene rings is 2. The molecule has 1 amide bonds. The number of nitrogens with two attached hydrogens (primary N) is 1. The molecule has 1 aliphatic carbocycles. The fraction of sp³-hybridized carbons (Fsp3) is 0.273. The number of anilines is 1. The molecule has 1 aliphatic rings. The largest absolute Gasteiger partial charge is 0.399 e. The monoisotopic (exact) mass is 360 g/mol. The fourth-order valence-corrected chi connectivity index (χ4v) is 3.87. The van der Waals surface area contributed by atoms with Gasteiger partial charge < -0.3 is 11.1 Å².